The highest BCUT2D eigenvalue weighted by Gasteiger charge is 2.41. The highest BCUT2D eigenvalue weighted by Crippen LogP contribution is 2.40. The van der Waals surface area contributed by atoms with Crippen molar-refractivity contribution in [3.63, 3.8) is 0 Å². The second kappa shape index (κ2) is 3.46. The number of nitrogens with zero attached hydrogens (tertiary/aromatic N) is 2. The predicted octanol–water partition coefficient (Wildman–Crippen LogP) is 2.80. The number of rotatable bonds is 1. The molecular weight excluding hydrogens is 216 g/mol. The Morgan fingerprint density at radius 2 is 2.36 bits per heavy atom. The zero-order valence-corrected chi connectivity index (χ0v) is 9.52. The lowest BCUT2D eigenvalue weighted by atomic mass is 9.91. The fraction of sp³-hybridized carbons (Fsp3) is 0.700. The van der Waals surface area contributed by atoms with Gasteiger partial charge in [-0.1, -0.05) is 24.6 Å². The molecule has 14 heavy (non-hydrogen) atoms. The van der Waals surface area contributed by atoms with Crippen LogP contribution in [0.25, 0.3) is 0 Å². The number of hydrogen-bond donors (Lipinski definition) is 0. The first-order valence-electron chi connectivity index (χ1n) is 5.19. The number of amidine groups is 1. The van der Waals surface area contributed by atoms with Gasteiger partial charge in [0.25, 0.3) is 0 Å². The summed E-state index contributed by atoms with van der Waals surface area (Å²) in [7, 11) is 0. The van der Waals surface area contributed by atoms with Crippen LogP contribution in [0.4, 0.5) is 0 Å². The summed E-state index contributed by atoms with van der Waals surface area (Å²) >= 11 is 7.67. The van der Waals surface area contributed by atoms with E-state index in [2.05, 4.69) is 10.3 Å². The number of aliphatic imine (C=N–C) groups is 1. The third kappa shape index (κ3) is 1.22. The molecule has 0 aromatic heterocycles. The van der Waals surface area contributed by atoms with Crippen molar-refractivity contribution in [1.82, 2.24) is 4.90 Å². The zero-order valence-electron chi connectivity index (χ0n) is 7.95. The molecule has 3 aliphatic rings. The van der Waals surface area contributed by atoms with E-state index in [1.54, 1.807) is 11.8 Å². The molecule has 0 spiro atoms. The predicted molar refractivity (Wildman–Crippen MR) is 61.7 cm³/mol. The molecule has 4 heteroatoms. The Kier molecular flexibility index (Phi) is 2.25. The van der Waals surface area contributed by atoms with Crippen LogP contribution in [0.5, 0.6) is 0 Å². The summed E-state index contributed by atoms with van der Waals surface area (Å²) in [5, 5.41) is 3.34. The molecule has 2 nitrogen and oxygen atoms in total. The van der Waals surface area contributed by atoms with Gasteiger partial charge in [-0.05, 0) is 18.2 Å². The van der Waals surface area contributed by atoms with Gasteiger partial charge in [-0.25, -0.2) is 0 Å². The monoisotopic (exact) mass is 228 g/mol. The molecule has 0 saturated heterocycles. The smallest absolute Gasteiger partial charge is 0.168 e. The Bertz CT molecular complexity index is 313. The van der Waals surface area contributed by atoms with Gasteiger partial charge in [0.2, 0.25) is 0 Å². The summed E-state index contributed by atoms with van der Waals surface area (Å²) in [6.45, 7) is 0. The lowest BCUT2D eigenvalue weighted by Crippen LogP contribution is -2.38. The first-order chi connectivity index (χ1) is 6.90. The van der Waals surface area contributed by atoms with Crippen molar-refractivity contribution >= 4 is 28.5 Å². The average molecular weight is 229 g/mol. The van der Waals surface area contributed by atoms with Crippen molar-refractivity contribution in [2.45, 2.75) is 37.8 Å². The van der Waals surface area contributed by atoms with Gasteiger partial charge in [0.1, 0.15) is 0 Å². The first kappa shape index (κ1) is 9.10. The molecule has 3 rings (SSSR count). The van der Waals surface area contributed by atoms with E-state index in [0.29, 0.717) is 18.0 Å². The second-order valence-electron chi connectivity index (χ2n) is 4.06. The van der Waals surface area contributed by atoms with Gasteiger partial charge in [0.05, 0.1) is 18.0 Å². The van der Waals surface area contributed by atoms with Gasteiger partial charge < -0.3 is 4.90 Å². The number of allylic oxidation sites excluding steroid dienone is 1. The van der Waals surface area contributed by atoms with Crippen molar-refractivity contribution in [3.8, 4) is 0 Å². The Morgan fingerprint density at radius 1 is 1.50 bits per heavy atom. The van der Waals surface area contributed by atoms with Crippen molar-refractivity contribution in [2.75, 3.05) is 5.88 Å². The maximum absolute atomic E-state index is 5.93. The fourth-order valence-corrected chi connectivity index (χ4v) is 3.88. The van der Waals surface area contributed by atoms with Crippen molar-refractivity contribution in [2.24, 2.45) is 4.99 Å². The van der Waals surface area contributed by atoms with Gasteiger partial charge in [-0.2, -0.15) is 0 Å². The molecular formula is C10H13ClN2S. The van der Waals surface area contributed by atoms with E-state index >= 15 is 0 Å². The summed E-state index contributed by atoms with van der Waals surface area (Å²) in [6, 6.07) is 1.18. The van der Waals surface area contributed by atoms with E-state index in [-0.39, 0.29) is 0 Å². The lowest BCUT2D eigenvalue weighted by molar-refractivity contribution is 0.285. The maximum Gasteiger partial charge on any atom is 0.168 e. The molecule has 0 amide bonds. The Hall–Kier alpha value is -0.150. The normalized spacial score (nSPS) is 35.1. The van der Waals surface area contributed by atoms with Crippen LogP contribution < -0.4 is 0 Å². The molecule has 0 unspecified atom stereocenters. The van der Waals surface area contributed by atoms with Crippen LogP contribution in [-0.4, -0.2) is 28.0 Å². The molecule has 0 bridgehead atoms. The van der Waals surface area contributed by atoms with Gasteiger partial charge >= 0.3 is 0 Å². The van der Waals surface area contributed by atoms with Gasteiger partial charge in [0.15, 0.2) is 5.17 Å². The third-order valence-corrected chi connectivity index (χ3v) is 4.43. The minimum Gasteiger partial charge on any atom is -0.318 e. The quantitative estimate of drug-likeness (QED) is 0.642. The van der Waals surface area contributed by atoms with E-state index in [0.717, 1.165) is 0 Å². The molecule has 0 radical (unpaired) electrons. The topological polar surface area (TPSA) is 15.6 Å². The van der Waals surface area contributed by atoms with E-state index in [4.69, 9.17) is 16.6 Å². The second-order valence-corrected chi connectivity index (χ2v) is 5.17. The minimum absolute atomic E-state index is 0.554. The largest absolute Gasteiger partial charge is 0.318 e. The molecule has 0 aromatic rings. The molecule has 1 saturated carbocycles. The van der Waals surface area contributed by atoms with Crippen LogP contribution >= 0.6 is 23.4 Å². The highest BCUT2D eigenvalue weighted by atomic mass is 35.5. The Morgan fingerprint density at radius 3 is 3.21 bits per heavy atom. The Labute approximate surface area is 93.4 Å². The minimum atomic E-state index is 0.554. The average Bonchev–Trinajstić information content (AvgIpc) is 2.75. The SMILES string of the molecule is ClCC1=CSC2=N[C@@H]3CCCC[C@H]3N12. The third-order valence-electron chi connectivity index (χ3n) is 3.25. The summed E-state index contributed by atoms with van der Waals surface area (Å²) in [5.41, 5.74) is 1.25. The highest BCUT2D eigenvalue weighted by molar-refractivity contribution is 8.16. The van der Waals surface area contributed by atoms with Crippen LogP contribution in [-0.2, 0) is 0 Å². The van der Waals surface area contributed by atoms with E-state index < -0.39 is 0 Å². The summed E-state index contributed by atoms with van der Waals surface area (Å²) < 4.78 is 0. The lowest BCUT2D eigenvalue weighted by Gasteiger charge is -2.31. The van der Waals surface area contributed by atoms with E-state index in [1.807, 2.05) is 0 Å². The Balaban J connectivity index is 1.88. The zero-order chi connectivity index (χ0) is 9.54. The van der Waals surface area contributed by atoms with Crippen molar-refractivity contribution < 1.29 is 0 Å². The number of halogens is 1. The molecule has 2 atom stereocenters. The van der Waals surface area contributed by atoms with Crippen molar-refractivity contribution in [3.05, 3.63) is 11.1 Å². The van der Waals surface area contributed by atoms with E-state index in [9.17, 15) is 0 Å². The standard InChI is InChI=1S/C10H13ClN2S/c11-5-7-6-14-10-12-8-3-1-2-4-9(8)13(7)10/h6,8-9H,1-5H2/t8-,9-/m1/s1. The van der Waals surface area contributed by atoms with Crippen LogP contribution in [0.15, 0.2) is 16.1 Å². The number of fused-ring (bicyclic) bond motifs is 3. The molecule has 1 fully saturated rings. The number of thioether (sulfide) groups is 1. The van der Waals surface area contributed by atoms with Crippen LogP contribution in [0.3, 0.4) is 0 Å². The number of hydrogen-bond acceptors (Lipinski definition) is 3. The van der Waals surface area contributed by atoms with Gasteiger partial charge in [0, 0.05) is 5.70 Å². The van der Waals surface area contributed by atoms with Crippen LogP contribution in [0, 0.1) is 0 Å². The molecule has 2 aliphatic heterocycles. The summed E-state index contributed by atoms with van der Waals surface area (Å²) in [4.78, 5) is 7.14. The molecule has 2 heterocycles. The molecule has 0 aromatic carbocycles. The van der Waals surface area contributed by atoms with Gasteiger partial charge in [-0.15, -0.1) is 11.6 Å². The molecule has 0 N–H and O–H groups in total. The molecule has 1 aliphatic carbocycles. The summed E-state index contributed by atoms with van der Waals surface area (Å²) in [5.74, 6) is 0.620. The molecule has 76 valence electrons. The van der Waals surface area contributed by atoms with Gasteiger partial charge in [-0.3, -0.25) is 4.99 Å². The van der Waals surface area contributed by atoms with Crippen LogP contribution in [0.2, 0.25) is 0 Å². The van der Waals surface area contributed by atoms with E-state index in [1.165, 1.54) is 36.5 Å². The maximum atomic E-state index is 5.93. The first-order valence-corrected chi connectivity index (χ1v) is 6.60. The van der Waals surface area contributed by atoms with Crippen molar-refractivity contribution in [1.29, 1.82) is 0 Å². The fourth-order valence-electron chi connectivity index (χ4n) is 2.59. The van der Waals surface area contributed by atoms with Crippen LogP contribution in [0.1, 0.15) is 25.7 Å². The number of alkyl halides is 1. The summed E-state index contributed by atoms with van der Waals surface area (Å²) in [6.07, 6.45) is 5.24.